The van der Waals surface area contributed by atoms with Crippen molar-refractivity contribution in [2.45, 2.75) is 37.5 Å². The van der Waals surface area contributed by atoms with Gasteiger partial charge in [0, 0.05) is 31.7 Å². The van der Waals surface area contributed by atoms with Crippen LogP contribution in [-0.2, 0) is 11.2 Å². The summed E-state index contributed by atoms with van der Waals surface area (Å²) in [5, 5.41) is 6.52. The molecule has 2 amide bonds. The highest BCUT2D eigenvalue weighted by Crippen LogP contribution is 2.44. The number of H-pyrrole nitrogens is 1. The van der Waals surface area contributed by atoms with Crippen LogP contribution in [0, 0.1) is 0 Å². The van der Waals surface area contributed by atoms with E-state index < -0.39 is 0 Å². The number of nitrogens with zero attached hydrogens (tertiary/aromatic N) is 3. The molecule has 3 aliphatic rings. The second-order valence-corrected chi connectivity index (χ2v) is 7.19. The molecule has 2 fully saturated rings. The molecule has 134 valence electrons. The highest BCUT2D eigenvalue weighted by atomic mass is 16.6. The maximum Gasteiger partial charge on any atom is 0.411 e. The van der Waals surface area contributed by atoms with Crippen LogP contribution >= 0.6 is 0 Å². The van der Waals surface area contributed by atoms with Gasteiger partial charge in [-0.2, -0.15) is 5.10 Å². The largest absolute Gasteiger partial charge is 0.443 e. The number of carbonyl (C=O) groups excluding carboxylic acids is 2. The lowest BCUT2D eigenvalue weighted by molar-refractivity contribution is 0.0636. The average Bonchev–Trinajstić information content (AvgIpc) is 3.37. The summed E-state index contributed by atoms with van der Waals surface area (Å²) in [6.07, 6.45) is 5.20. The van der Waals surface area contributed by atoms with E-state index in [0.717, 1.165) is 19.3 Å². The van der Waals surface area contributed by atoms with Crippen molar-refractivity contribution in [1.29, 1.82) is 0 Å². The van der Waals surface area contributed by atoms with Crippen LogP contribution in [0.3, 0.4) is 0 Å². The molecule has 0 spiro atoms. The van der Waals surface area contributed by atoms with Crippen LogP contribution in [0.5, 0.6) is 0 Å². The SMILES string of the molecule is O=C(c1cn[nH]c1)N1CCC(N2C(=O)O[C@H]3Cc4ccccc4[C@H]32)CC1. The van der Waals surface area contributed by atoms with Crippen LogP contribution in [0.25, 0.3) is 0 Å². The van der Waals surface area contributed by atoms with Crippen LogP contribution in [0.1, 0.15) is 40.4 Å². The third-order valence-electron chi connectivity index (χ3n) is 5.80. The van der Waals surface area contributed by atoms with Crippen LogP contribution < -0.4 is 0 Å². The number of likely N-dealkylation sites (tertiary alicyclic amines) is 1. The normalized spacial score (nSPS) is 25.2. The summed E-state index contributed by atoms with van der Waals surface area (Å²) >= 11 is 0. The molecule has 5 rings (SSSR count). The molecule has 2 aromatic rings. The van der Waals surface area contributed by atoms with Crippen LogP contribution in [0.2, 0.25) is 0 Å². The van der Waals surface area contributed by atoms with Gasteiger partial charge in [0.25, 0.3) is 5.91 Å². The molecule has 0 saturated carbocycles. The fraction of sp³-hybridized carbons (Fsp3) is 0.421. The lowest BCUT2D eigenvalue weighted by Crippen LogP contribution is -2.47. The summed E-state index contributed by atoms with van der Waals surface area (Å²) in [6.45, 7) is 1.27. The van der Waals surface area contributed by atoms with Crippen LogP contribution in [0.15, 0.2) is 36.7 Å². The zero-order chi connectivity index (χ0) is 17.7. The molecule has 26 heavy (non-hydrogen) atoms. The van der Waals surface area contributed by atoms with E-state index in [2.05, 4.69) is 22.3 Å². The Hall–Kier alpha value is -2.83. The highest BCUT2D eigenvalue weighted by Gasteiger charge is 2.50. The Morgan fingerprint density at radius 3 is 2.81 bits per heavy atom. The third-order valence-corrected chi connectivity index (χ3v) is 5.80. The molecule has 1 aromatic heterocycles. The van der Waals surface area contributed by atoms with Gasteiger partial charge in [-0.15, -0.1) is 0 Å². The van der Waals surface area contributed by atoms with Gasteiger partial charge < -0.3 is 9.64 Å². The molecule has 2 saturated heterocycles. The Kier molecular flexibility index (Phi) is 3.48. The second-order valence-electron chi connectivity index (χ2n) is 7.19. The fourth-order valence-electron chi connectivity index (χ4n) is 4.55. The number of nitrogens with one attached hydrogen (secondary N) is 1. The molecule has 0 radical (unpaired) electrons. The van der Waals surface area contributed by atoms with Gasteiger partial charge in [0.05, 0.1) is 17.8 Å². The smallest absolute Gasteiger partial charge is 0.411 e. The maximum absolute atomic E-state index is 12.5. The molecular weight excluding hydrogens is 332 g/mol. The molecule has 0 unspecified atom stereocenters. The number of hydrogen-bond acceptors (Lipinski definition) is 4. The van der Waals surface area contributed by atoms with Gasteiger partial charge >= 0.3 is 6.09 Å². The number of aromatic amines is 1. The minimum Gasteiger partial charge on any atom is -0.443 e. The number of rotatable bonds is 2. The Labute approximate surface area is 150 Å². The van der Waals surface area contributed by atoms with Crippen LogP contribution in [0.4, 0.5) is 4.79 Å². The Balaban J connectivity index is 1.32. The molecule has 1 aliphatic carbocycles. The van der Waals surface area contributed by atoms with Crippen molar-refractivity contribution in [1.82, 2.24) is 20.0 Å². The molecule has 7 nitrogen and oxygen atoms in total. The predicted molar refractivity (Wildman–Crippen MR) is 92.5 cm³/mol. The highest BCUT2D eigenvalue weighted by molar-refractivity contribution is 5.93. The number of carbonyl (C=O) groups is 2. The van der Waals surface area contributed by atoms with Crippen molar-refractivity contribution in [3.63, 3.8) is 0 Å². The number of fused-ring (bicyclic) bond motifs is 3. The van der Waals surface area contributed by atoms with Crippen molar-refractivity contribution in [2.75, 3.05) is 13.1 Å². The zero-order valence-corrected chi connectivity index (χ0v) is 14.3. The summed E-state index contributed by atoms with van der Waals surface area (Å²) in [5.74, 6) is -0.00899. The van der Waals surface area contributed by atoms with E-state index in [0.29, 0.717) is 18.7 Å². The van der Waals surface area contributed by atoms with E-state index in [-0.39, 0.29) is 30.2 Å². The first-order valence-electron chi connectivity index (χ1n) is 9.07. The van der Waals surface area contributed by atoms with Crippen molar-refractivity contribution >= 4 is 12.0 Å². The van der Waals surface area contributed by atoms with E-state index >= 15 is 0 Å². The maximum atomic E-state index is 12.5. The number of hydrogen-bond donors (Lipinski definition) is 1. The third kappa shape index (κ3) is 2.30. The van der Waals surface area contributed by atoms with Crippen molar-refractivity contribution in [3.05, 3.63) is 53.3 Å². The standard InChI is InChI=1S/C19H20N4O3/c24-18(13-10-20-21-11-13)22-7-5-14(6-8-22)23-17-15-4-2-1-3-12(15)9-16(17)26-19(23)25/h1-4,10-11,14,16-17H,5-9H2,(H,20,21)/t16-,17+/m0/s1. The van der Waals surface area contributed by atoms with Gasteiger partial charge in [0.2, 0.25) is 0 Å². The average molecular weight is 352 g/mol. The number of piperidine rings is 1. The molecule has 1 N–H and O–H groups in total. The van der Waals surface area contributed by atoms with E-state index in [9.17, 15) is 9.59 Å². The minimum atomic E-state index is -0.214. The summed E-state index contributed by atoms with van der Waals surface area (Å²) in [5.41, 5.74) is 3.06. The summed E-state index contributed by atoms with van der Waals surface area (Å²) in [6, 6.07) is 8.40. The summed E-state index contributed by atoms with van der Waals surface area (Å²) < 4.78 is 5.66. The summed E-state index contributed by atoms with van der Waals surface area (Å²) in [7, 11) is 0. The molecule has 3 heterocycles. The van der Waals surface area contributed by atoms with E-state index in [1.165, 1.54) is 11.1 Å². The minimum absolute atomic E-state index is 0.00899. The van der Waals surface area contributed by atoms with E-state index in [1.807, 2.05) is 21.9 Å². The van der Waals surface area contributed by atoms with Gasteiger partial charge in [0.15, 0.2) is 0 Å². The topological polar surface area (TPSA) is 78.5 Å². The predicted octanol–water partition coefficient (Wildman–Crippen LogP) is 2.13. The monoisotopic (exact) mass is 352 g/mol. The first-order chi connectivity index (χ1) is 12.7. The molecule has 1 aromatic carbocycles. The van der Waals surface area contributed by atoms with Crippen molar-refractivity contribution in [3.8, 4) is 0 Å². The lowest BCUT2D eigenvalue weighted by Gasteiger charge is -2.37. The van der Waals surface area contributed by atoms with Crippen LogP contribution in [-0.4, -0.2) is 57.2 Å². The van der Waals surface area contributed by atoms with Gasteiger partial charge in [-0.3, -0.25) is 14.8 Å². The lowest BCUT2D eigenvalue weighted by atomic mass is 9.99. The number of aromatic nitrogens is 2. The van der Waals surface area contributed by atoms with Gasteiger partial charge in [-0.25, -0.2) is 4.79 Å². The van der Waals surface area contributed by atoms with Gasteiger partial charge in [-0.05, 0) is 24.0 Å². The molecule has 2 atom stereocenters. The van der Waals surface area contributed by atoms with Gasteiger partial charge in [0.1, 0.15) is 6.10 Å². The Morgan fingerprint density at radius 2 is 2.04 bits per heavy atom. The van der Waals surface area contributed by atoms with E-state index in [1.54, 1.807) is 12.4 Å². The van der Waals surface area contributed by atoms with Crippen molar-refractivity contribution < 1.29 is 14.3 Å². The Bertz CT molecular complexity index is 842. The second kappa shape index (κ2) is 5.86. The molecule has 2 aliphatic heterocycles. The van der Waals surface area contributed by atoms with Crippen molar-refractivity contribution in [2.24, 2.45) is 0 Å². The number of amides is 2. The first-order valence-corrected chi connectivity index (χ1v) is 9.07. The number of ether oxygens (including phenoxy) is 1. The summed E-state index contributed by atoms with van der Waals surface area (Å²) in [4.78, 5) is 28.7. The Morgan fingerprint density at radius 1 is 1.23 bits per heavy atom. The quantitative estimate of drug-likeness (QED) is 0.898. The molecule has 7 heteroatoms. The van der Waals surface area contributed by atoms with Gasteiger partial charge in [-0.1, -0.05) is 24.3 Å². The zero-order valence-electron chi connectivity index (χ0n) is 14.3. The van der Waals surface area contributed by atoms with E-state index in [4.69, 9.17) is 4.74 Å². The molecule has 0 bridgehead atoms. The number of benzene rings is 1. The molecular formula is C19H20N4O3. The first kappa shape index (κ1) is 15.4. The fourth-order valence-corrected chi connectivity index (χ4v) is 4.55.